The van der Waals surface area contributed by atoms with Crippen molar-refractivity contribution in [2.45, 2.75) is 33.7 Å². The number of carbonyl (C=O) groups excluding carboxylic acids is 3. The Balaban J connectivity index is 1.79. The van der Waals surface area contributed by atoms with Crippen LogP contribution in [0.5, 0.6) is 0 Å². The molecule has 1 aromatic heterocycles. The van der Waals surface area contributed by atoms with Gasteiger partial charge in [-0.25, -0.2) is 0 Å². The average Bonchev–Trinajstić information content (AvgIpc) is 2.88. The number of aryl methyl sites for hydroxylation is 3. The smallest absolute Gasteiger partial charge is 0.308 e. The van der Waals surface area contributed by atoms with Gasteiger partial charge in [0.15, 0.2) is 12.4 Å². The van der Waals surface area contributed by atoms with Crippen LogP contribution in [0.1, 0.15) is 35.1 Å². The van der Waals surface area contributed by atoms with Crippen LogP contribution in [0.25, 0.3) is 0 Å². The summed E-state index contributed by atoms with van der Waals surface area (Å²) in [6.07, 6.45) is 0.150. The number of ether oxygens (including phenoxy) is 1. The van der Waals surface area contributed by atoms with Crippen molar-refractivity contribution in [2.75, 3.05) is 11.9 Å². The van der Waals surface area contributed by atoms with Crippen LogP contribution < -0.4 is 5.32 Å². The van der Waals surface area contributed by atoms with Crippen molar-refractivity contribution in [1.29, 1.82) is 0 Å². The molecule has 0 spiro atoms. The number of aromatic nitrogens is 2. The maximum absolute atomic E-state index is 12.0. The summed E-state index contributed by atoms with van der Waals surface area (Å²) in [5.74, 6) is -0.930. The zero-order valence-corrected chi connectivity index (χ0v) is 14.5. The summed E-state index contributed by atoms with van der Waals surface area (Å²) in [6, 6.07) is 8.34. The van der Waals surface area contributed by atoms with E-state index in [0.29, 0.717) is 17.8 Å². The lowest BCUT2D eigenvalue weighted by atomic mass is 10.1. The number of rotatable bonds is 7. The van der Waals surface area contributed by atoms with Crippen molar-refractivity contribution >= 4 is 23.3 Å². The Kier molecular flexibility index (Phi) is 6.05. The highest BCUT2D eigenvalue weighted by molar-refractivity contribution is 5.98. The molecular weight excluding hydrogens is 322 g/mol. The highest BCUT2D eigenvalue weighted by Crippen LogP contribution is 2.10. The van der Waals surface area contributed by atoms with E-state index in [0.717, 1.165) is 11.4 Å². The molecule has 2 rings (SSSR count). The standard InChI is InChI=1S/C18H21N3O4/c1-12-10-13(2)21(20-12)9-8-18(24)25-11-17(23)15-4-6-16(7-5-15)19-14(3)22/h4-7,10H,8-9,11H2,1-3H3,(H,19,22). The Bertz CT molecular complexity index is 778. The zero-order chi connectivity index (χ0) is 18.4. The third-order valence-electron chi connectivity index (χ3n) is 3.52. The number of nitrogens with zero attached hydrogens (tertiary/aromatic N) is 2. The zero-order valence-electron chi connectivity index (χ0n) is 14.5. The van der Waals surface area contributed by atoms with E-state index in [1.165, 1.54) is 6.92 Å². The fourth-order valence-corrected chi connectivity index (χ4v) is 2.34. The van der Waals surface area contributed by atoms with Crippen LogP contribution in [0.4, 0.5) is 5.69 Å². The third-order valence-corrected chi connectivity index (χ3v) is 3.52. The molecule has 7 nitrogen and oxygen atoms in total. The van der Waals surface area contributed by atoms with E-state index in [1.54, 1.807) is 28.9 Å². The number of carbonyl (C=O) groups is 3. The molecular formula is C18H21N3O4. The number of benzene rings is 1. The van der Waals surface area contributed by atoms with E-state index < -0.39 is 5.97 Å². The van der Waals surface area contributed by atoms with Crippen LogP contribution in [-0.2, 0) is 20.9 Å². The van der Waals surface area contributed by atoms with Crippen LogP contribution in [0.2, 0.25) is 0 Å². The molecule has 1 heterocycles. The quantitative estimate of drug-likeness (QED) is 0.615. The number of esters is 1. The van der Waals surface area contributed by atoms with E-state index in [-0.39, 0.29) is 24.7 Å². The molecule has 132 valence electrons. The van der Waals surface area contributed by atoms with Crippen molar-refractivity contribution in [2.24, 2.45) is 0 Å². The minimum Gasteiger partial charge on any atom is -0.457 e. The number of hydrogen-bond acceptors (Lipinski definition) is 5. The Morgan fingerprint density at radius 3 is 2.40 bits per heavy atom. The van der Waals surface area contributed by atoms with Crippen molar-refractivity contribution in [3.8, 4) is 0 Å². The molecule has 0 fully saturated rings. The van der Waals surface area contributed by atoms with Crippen LogP contribution in [0, 0.1) is 13.8 Å². The first kappa shape index (κ1) is 18.4. The second-order valence-electron chi connectivity index (χ2n) is 5.74. The van der Waals surface area contributed by atoms with Crippen LogP contribution >= 0.6 is 0 Å². The fraction of sp³-hybridized carbons (Fsp3) is 0.333. The molecule has 0 aliphatic heterocycles. The Morgan fingerprint density at radius 2 is 1.84 bits per heavy atom. The summed E-state index contributed by atoms with van der Waals surface area (Å²) in [4.78, 5) is 34.8. The van der Waals surface area contributed by atoms with Gasteiger partial charge in [0.2, 0.25) is 5.91 Å². The number of nitrogens with one attached hydrogen (secondary N) is 1. The van der Waals surface area contributed by atoms with Gasteiger partial charge >= 0.3 is 5.97 Å². The molecule has 7 heteroatoms. The second kappa shape index (κ2) is 8.23. The van der Waals surface area contributed by atoms with E-state index in [9.17, 15) is 14.4 Å². The molecule has 2 aromatic rings. The number of hydrogen-bond donors (Lipinski definition) is 1. The van der Waals surface area contributed by atoms with E-state index in [1.807, 2.05) is 19.9 Å². The average molecular weight is 343 g/mol. The summed E-state index contributed by atoms with van der Waals surface area (Å²) in [7, 11) is 0. The first-order chi connectivity index (χ1) is 11.8. The summed E-state index contributed by atoms with van der Waals surface area (Å²) in [5, 5.41) is 6.88. The molecule has 0 aliphatic carbocycles. The fourth-order valence-electron chi connectivity index (χ4n) is 2.34. The Labute approximate surface area is 146 Å². The lowest BCUT2D eigenvalue weighted by Crippen LogP contribution is -2.16. The largest absolute Gasteiger partial charge is 0.457 e. The predicted molar refractivity (Wildman–Crippen MR) is 92.4 cm³/mol. The van der Waals surface area contributed by atoms with Crippen molar-refractivity contribution in [3.63, 3.8) is 0 Å². The van der Waals surface area contributed by atoms with Crippen molar-refractivity contribution in [3.05, 3.63) is 47.3 Å². The summed E-state index contributed by atoms with van der Waals surface area (Å²) in [5.41, 5.74) is 2.88. The lowest BCUT2D eigenvalue weighted by Gasteiger charge is -2.07. The summed E-state index contributed by atoms with van der Waals surface area (Å²) >= 11 is 0. The lowest BCUT2D eigenvalue weighted by molar-refractivity contribution is -0.142. The summed E-state index contributed by atoms with van der Waals surface area (Å²) in [6.45, 7) is 5.31. The highest BCUT2D eigenvalue weighted by atomic mass is 16.5. The van der Waals surface area contributed by atoms with Gasteiger partial charge < -0.3 is 10.1 Å². The highest BCUT2D eigenvalue weighted by Gasteiger charge is 2.11. The molecule has 1 aromatic carbocycles. The Hall–Kier alpha value is -2.96. The van der Waals surface area contributed by atoms with Gasteiger partial charge in [0, 0.05) is 23.9 Å². The van der Waals surface area contributed by atoms with E-state index in [4.69, 9.17) is 4.74 Å². The van der Waals surface area contributed by atoms with E-state index in [2.05, 4.69) is 10.4 Å². The molecule has 0 saturated carbocycles. The SMILES string of the molecule is CC(=O)Nc1ccc(C(=O)COC(=O)CCn2nc(C)cc2C)cc1. The van der Waals surface area contributed by atoms with Crippen molar-refractivity contribution < 1.29 is 19.1 Å². The van der Waals surface area contributed by atoms with Crippen molar-refractivity contribution in [1.82, 2.24) is 9.78 Å². The maximum atomic E-state index is 12.0. The first-order valence-electron chi connectivity index (χ1n) is 7.92. The maximum Gasteiger partial charge on any atom is 0.308 e. The number of anilines is 1. The molecule has 0 radical (unpaired) electrons. The van der Waals surface area contributed by atoms with Crippen LogP contribution in [-0.4, -0.2) is 34.0 Å². The monoisotopic (exact) mass is 343 g/mol. The van der Waals surface area contributed by atoms with Gasteiger partial charge in [-0.2, -0.15) is 5.10 Å². The van der Waals surface area contributed by atoms with Crippen LogP contribution in [0.3, 0.4) is 0 Å². The molecule has 0 atom stereocenters. The van der Waals surface area contributed by atoms with Gasteiger partial charge in [0.05, 0.1) is 18.7 Å². The van der Waals surface area contributed by atoms with Gasteiger partial charge in [0.25, 0.3) is 0 Å². The molecule has 0 aliphatic rings. The van der Waals surface area contributed by atoms with Gasteiger partial charge in [-0.05, 0) is 44.2 Å². The molecule has 1 amide bonds. The predicted octanol–water partition coefficient (Wildman–Crippen LogP) is 2.27. The topological polar surface area (TPSA) is 90.3 Å². The molecule has 1 N–H and O–H groups in total. The molecule has 25 heavy (non-hydrogen) atoms. The number of Topliss-reactive ketones (excluding diaryl/α,β-unsaturated/α-hetero) is 1. The van der Waals surface area contributed by atoms with E-state index >= 15 is 0 Å². The minimum absolute atomic E-state index is 0.150. The number of amides is 1. The normalized spacial score (nSPS) is 10.4. The number of ketones is 1. The molecule has 0 bridgehead atoms. The van der Waals surface area contributed by atoms with Gasteiger partial charge in [-0.15, -0.1) is 0 Å². The molecule has 0 unspecified atom stereocenters. The second-order valence-corrected chi connectivity index (χ2v) is 5.74. The minimum atomic E-state index is -0.448. The first-order valence-corrected chi connectivity index (χ1v) is 7.92. The molecule has 0 saturated heterocycles. The van der Waals surface area contributed by atoms with Crippen LogP contribution in [0.15, 0.2) is 30.3 Å². The Morgan fingerprint density at radius 1 is 1.16 bits per heavy atom. The third kappa shape index (κ3) is 5.56. The summed E-state index contributed by atoms with van der Waals surface area (Å²) < 4.78 is 6.76. The van der Waals surface area contributed by atoms with Gasteiger partial charge in [-0.1, -0.05) is 0 Å². The van der Waals surface area contributed by atoms with Gasteiger partial charge in [-0.3, -0.25) is 19.1 Å². The van der Waals surface area contributed by atoms with Gasteiger partial charge in [0.1, 0.15) is 0 Å².